The average Bonchev–Trinajstić information content (AvgIpc) is 3.01. The molecule has 0 unspecified atom stereocenters. The molecule has 1 aromatic carbocycles. The fourth-order valence-electron chi connectivity index (χ4n) is 2.36. The monoisotopic (exact) mass is 305 g/mol. The van der Waals surface area contributed by atoms with Crippen molar-refractivity contribution in [3.05, 3.63) is 35.9 Å². The van der Waals surface area contributed by atoms with Gasteiger partial charge in [0.15, 0.2) is 0 Å². The van der Waals surface area contributed by atoms with Crippen LogP contribution in [0, 0.1) is 0 Å². The predicted molar refractivity (Wildman–Crippen MR) is 82.8 cm³/mol. The summed E-state index contributed by atoms with van der Waals surface area (Å²) in [5.41, 5.74) is 6.43. The van der Waals surface area contributed by atoms with Crippen molar-refractivity contribution in [2.75, 3.05) is 6.54 Å². The molecule has 1 heterocycles. The van der Waals surface area contributed by atoms with E-state index in [0.717, 1.165) is 12.0 Å². The van der Waals surface area contributed by atoms with E-state index in [1.165, 1.54) is 4.90 Å². The van der Waals surface area contributed by atoms with Gasteiger partial charge in [-0.05, 0) is 32.3 Å². The van der Waals surface area contributed by atoms with E-state index in [-0.39, 0.29) is 18.6 Å². The van der Waals surface area contributed by atoms with Crippen LogP contribution in [0.2, 0.25) is 0 Å². The van der Waals surface area contributed by atoms with Gasteiger partial charge in [0, 0.05) is 12.6 Å². The number of nitrogens with zero attached hydrogens (tertiary/aromatic N) is 1. The lowest BCUT2D eigenvalue weighted by molar-refractivity contribution is -0.126. The van der Waals surface area contributed by atoms with Gasteiger partial charge in [-0.2, -0.15) is 0 Å². The molecule has 2 N–H and O–H groups in total. The Bertz CT molecular complexity index is 505. The molecule has 6 nitrogen and oxygen atoms in total. The van der Waals surface area contributed by atoms with Gasteiger partial charge in [-0.3, -0.25) is 15.1 Å². The summed E-state index contributed by atoms with van der Waals surface area (Å²) in [6, 6.07) is 9.17. The van der Waals surface area contributed by atoms with Crippen molar-refractivity contribution in [3.63, 3.8) is 0 Å². The molecule has 1 saturated heterocycles. The van der Waals surface area contributed by atoms with Gasteiger partial charge < -0.3 is 4.74 Å². The SMILES string of the molecule is CC(C)NNC(=O)[C@@H]1CCCN1C(=O)OCc1ccccc1. The number of carbonyl (C=O) groups is 2. The Morgan fingerprint density at radius 2 is 2.05 bits per heavy atom. The highest BCUT2D eigenvalue weighted by Crippen LogP contribution is 2.18. The van der Waals surface area contributed by atoms with E-state index in [1.807, 2.05) is 44.2 Å². The Morgan fingerprint density at radius 1 is 1.32 bits per heavy atom. The summed E-state index contributed by atoms with van der Waals surface area (Å²) in [7, 11) is 0. The zero-order chi connectivity index (χ0) is 15.9. The number of ether oxygens (including phenoxy) is 1. The highest BCUT2D eigenvalue weighted by atomic mass is 16.6. The second-order valence-electron chi connectivity index (χ2n) is 5.68. The van der Waals surface area contributed by atoms with Crippen molar-refractivity contribution >= 4 is 12.0 Å². The van der Waals surface area contributed by atoms with Crippen LogP contribution >= 0.6 is 0 Å². The first-order valence-electron chi connectivity index (χ1n) is 7.60. The van der Waals surface area contributed by atoms with Crippen LogP contribution in [0.15, 0.2) is 30.3 Å². The summed E-state index contributed by atoms with van der Waals surface area (Å²) in [5, 5.41) is 0. The Labute approximate surface area is 130 Å². The Hall–Kier alpha value is -2.08. The van der Waals surface area contributed by atoms with Crippen molar-refractivity contribution in [3.8, 4) is 0 Å². The Morgan fingerprint density at radius 3 is 2.73 bits per heavy atom. The quantitative estimate of drug-likeness (QED) is 0.814. The molecule has 2 amide bonds. The van der Waals surface area contributed by atoms with E-state index >= 15 is 0 Å². The lowest BCUT2D eigenvalue weighted by Crippen LogP contribution is -2.51. The molecule has 22 heavy (non-hydrogen) atoms. The topological polar surface area (TPSA) is 70.7 Å². The normalized spacial score (nSPS) is 17.6. The van der Waals surface area contributed by atoms with E-state index in [9.17, 15) is 9.59 Å². The summed E-state index contributed by atoms with van der Waals surface area (Å²) in [6.07, 6.45) is 1.03. The van der Waals surface area contributed by atoms with Crippen molar-refractivity contribution in [1.82, 2.24) is 15.8 Å². The second-order valence-corrected chi connectivity index (χ2v) is 5.68. The maximum atomic E-state index is 12.2. The smallest absolute Gasteiger partial charge is 0.410 e. The third-order valence-corrected chi connectivity index (χ3v) is 3.48. The highest BCUT2D eigenvalue weighted by Gasteiger charge is 2.35. The molecule has 0 radical (unpaired) electrons. The number of hydrazine groups is 1. The number of nitrogens with one attached hydrogen (secondary N) is 2. The molecule has 0 bridgehead atoms. The minimum Gasteiger partial charge on any atom is -0.445 e. The van der Waals surface area contributed by atoms with Crippen molar-refractivity contribution in [2.24, 2.45) is 0 Å². The van der Waals surface area contributed by atoms with Crippen LogP contribution in [-0.4, -0.2) is 35.5 Å². The number of amides is 2. The van der Waals surface area contributed by atoms with Gasteiger partial charge in [-0.25, -0.2) is 10.2 Å². The molecule has 0 saturated carbocycles. The van der Waals surface area contributed by atoms with Gasteiger partial charge in [-0.15, -0.1) is 0 Å². The maximum Gasteiger partial charge on any atom is 0.410 e. The summed E-state index contributed by atoms with van der Waals surface area (Å²) in [4.78, 5) is 25.8. The van der Waals surface area contributed by atoms with Crippen LogP contribution in [-0.2, 0) is 16.1 Å². The Balaban J connectivity index is 1.86. The molecule has 6 heteroatoms. The van der Waals surface area contributed by atoms with Crippen LogP contribution < -0.4 is 10.9 Å². The fourth-order valence-corrected chi connectivity index (χ4v) is 2.36. The third-order valence-electron chi connectivity index (χ3n) is 3.48. The molecule has 120 valence electrons. The van der Waals surface area contributed by atoms with Gasteiger partial charge in [0.1, 0.15) is 12.6 Å². The van der Waals surface area contributed by atoms with Crippen LogP contribution in [0.1, 0.15) is 32.3 Å². The van der Waals surface area contributed by atoms with Crippen LogP contribution in [0.25, 0.3) is 0 Å². The van der Waals surface area contributed by atoms with Gasteiger partial charge in [0.25, 0.3) is 5.91 Å². The van der Waals surface area contributed by atoms with Crippen LogP contribution in [0.3, 0.4) is 0 Å². The minimum absolute atomic E-state index is 0.142. The average molecular weight is 305 g/mol. The van der Waals surface area contributed by atoms with Gasteiger partial charge in [0.05, 0.1) is 0 Å². The molecular weight excluding hydrogens is 282 g/mol. The zero-order valence-corrected chi connectivity index (χ0v) is 13.0. The number of hydrogen-bond acceptors (Lipinski definition) is 4. The largest absolute Gasteiger partial charge is 0.445 e. The van der Waals surface area contributed by atoms with Crippen LogP contribution in [0.5, 0.6) is 0 Å². The van der Waals surface area contributed by atoms with Gasteiger partial charge in [0.2, 0.25) is 0 Å². The molecule has 1 fully saturated rings. The molecule has 1 atom stereocenters. The fraction of sp³-hybridized carbons (Fsp3) is 0.500. The van der Waals surface area contributed by atoms with Crippen molar-refractivity contribution in [2.45, 2.75) is 45.4 Å². The second kappa shape index (κ2) is 7.79. The maximum absolute atomic E-state index is 12.2. The summed E-state index contributed by atoms with van der Waals surface area (Å²) in [5.74, 6) is -0.192. The summed E-state index contributed by atoms with van der Waals surface area (Å²) >= 11 is 0. The summed E-state index contributed by atoms with van der Waals surface area (Å²) < 4.78 is 5.30. The van der Waals surface area contributed by atoms with E-state index in [1.54, 1.807) is 0 Å². The van der Waals surface area contributed by atoms with E-state index in [0.29, 0.717) is 13.0 Å². The highest BCUT2D eigenvalue weighted by molar-refractivity contribution is 5.85. The number of hydrogen-bond donors (Lipinski definition) is 2. The standard InChI is InChI=1S/C16H23N3O3/c1-12(2)17-18-15(20)14-9-6-10-19(14)16(21)22-11-13-7-4-3-5-8-13/h3-5,7-8,12,14,17H,6,9-11H2,1-2H3,(H,18,20)/t14-/m0/s1. The number of rotatable bonds is 5. The molecule has 0 aromatic heterocycles. The first-order valence-corrected chi connectivity index (χ1v) is 7.60. The molecule has 1 aromatic rings. The van der Waals surface area contributed by atoms with Crippen molar-refractivity contribution < 1.29 is 14.3 Å². The summed E-state index contributed by atoms with van der Waals surface area (Å²) in [6.45, 7) is 4.63. The van der Waals surface area contributed by atoms with Crippen molar-refractivity contribution in [1.29, 1.82) is 0 Å². The molecular formula is C16H23N3O3. The van der Waals surface area contributed by atoms with E-state index < -0.39 is 12.1 Å². The number of likely N-dealkylation sites (tertiary alicyclic amines) is 1. The predicted octanol–water partition coefficient (Wildman–Crippen LogP) is 1.82. The first-order chi connectivity index (χ1) is 10.6. The molecule has 0 aliphatic carbocycles. The minimum atomic E-state index is -0.463. The van der Waals surface area contributed by atoms with Crippen LogP contribution in [0.4, 0.5) is 4.79 Å². The number of carbonyl (C=O) groups excluding carboxylic acids is 2. The van der Waals surface area contributed by atoms with E-state index in [2.05, 4.69) is 10.9 Å². The van der Waals surface area contributed by atoms with Gasteiger partial charge >= 0.3 is 6.09 Å². The number of benzene rings is 1. The lowest BCUT2D eigenvalue weighted by atomic mass is 10.2. The molecule has 1 aliphatic rings. The Kier molecular flexibility index (Phi) is 5.77. The molecule has 0 spiro atoms. The van der Waals surface area contributed by atoms with Gasteiger partial charge in [-0.1, -0.05) is 30.3 Å². The molecule has 1 aliphatic heterocycles. The molecule has 2 rings (SSSR count). The third kappa shape index (κ3) is 4.46. The zero-order valence-electron chi connectivity index (χ0n) is 13.0. The van der Waals surface area contributed by atoms with E-state index in [4.69, 9.17) is 4.74 Å². The first kappa shape index (κ1) is 16.3. The lowest BCUT2D eigenvalue weighted by Gasteiger charge is -2.24.